The van der Waals surface area contributed by atoms with Gasteiger partial charge in [0.25, 0.3) is 0 Å². The zero-order valence-electron chi connectivity index (χ0n) is 12.4. The third kappa shape index (κ3) is 3.98. The van der Waals surface area contributed by atoms with Crippen LogP contribution in [0.25, 0.3) is 0 Å². The summed E-state index contributed by atoms with van der Waals surface area (Å²) in [6.45, 7) is 6.89. The smallest absolute Gasteiger partial charge is 0.314 e. The highest BCUT2D eigenvalue weighted by Gasteiger charge is 2.20. The van der Waals surface area contributed by atoms with Gasteiger partial charge in [0.05, 0.1) is 18.9 Å². The number of carbonyl (C=O) groups excluding carboxylic acids is 2. The highest BCUT2D eigenvalue weighted by molar-refractivity contribution is 5.79. The number of benzene rings is 1. The second kappa shape index (κ2) is 6.93. The predicted molar refractivity (Wildman–Crippen MR) is 73.9 cm³/mol. The standard InChI is InChI=1S/C15H20O5/c1-9(2)14(16)19-12-8-6-7-11(18-5)13(12)20-15(17)10(3)4/h6-10H,1-5H3. The fraction of sp³-hybridized carbons (Fsp3) is 0.467. The lowest BCUT2D eigenvalue weighted by atomic mass is 10.2. The van der Waals surface area contributed by atoms with Crippen LogP contribution < -0.4 is 14.2 Å². The van der Waals surface area contributed by atoms with Crippen molar-refractivity contribution in [1.82, 2.24) is 0 Å². The summed E-state index contributed by atoms with van der Waals surface area (Å²) in [5, 5.41) is 0. The fourth-order valence-corrected chi connectivity index (χ4v) is 1.28. The van der Waals surface area contributed by atoms with Crippen molar-refractivity contribution in [2.24, 2.45) is 11.8 Å². The molecule has 5 nitrogen and oxygen atoms in total. The van der Waals surface area contributed by atoms with E-state index in [1.54, 1.807) is 45.9 Å². The van der Waals surface area contributed by atoms with Gasteiger partial charge in [-0.05, 0) is 12.1 Å². The summed E-state index contributed by atoms with van der Waals surface area (Å²) < 4.78 is 15.6. The van der Waals surface area contributed by atoms with Crippen LogP contribution in [0.3, 0.4) is 0 Å². The van der Waals surface area contributed by atoms with E-state index < -0.39 is 11.9 Å². The first kappa shape index (κ1) is 16.0. The number of esters is 2. The minimum atomic E-state index is -0.420. The molecule has 0 aliphatic carbocycles. The summed E-state index contributed by atoms with van der Waals surface area (Å²) in [5.41, 5.74) is 0. The van der Waals surface area contributed by atoms with Gasteiger partial charge in [-0.15, -0.1) is 0 Å². The van der Waals surface area contributed by atoms with Crippen LogP contribution in [0.4, 0.5) is 0 Å². The highest BCUT2D eigenvalue weighted by Crippen LogP contribution is 2.37. The molecule has 0 atom stereocenters. The molecule has 0 saturated carbocycles. The molecule has 0 bridgehead atoms. The van der Waals surface area contributed by atoms with Crippen molar-refractivity contribution in [2.45, 2.75) is 27.7 Å². The molecule has 0 aromatic heterocycles. The first-order valence-corrected chi connectivity index (χ1v) is 6.47. The molecule has 0 aliphatic heterocycles. The molecule has 0 fully saturated rings. The van der Waals surface area contributed by atoms with Gasteiger partial charge in [-0.2, -0.15) is 0 Å². The quantitative estimate of drug-likeness (QED) is 0.613. The lowest BCUT2D eigenvalue weighted by molar-refractivity contribution is -0.140. The van der Waals surface area contributed by atoms with Crippen molar-refractivity contribution >= 4 is 11.9 Å². The number of para-hydroxylation sites is 1. The molecule has 0 saturated heterocycles. The van der Waals surface area contributed by atoms with Crippen LogP contribution >= 0.6 is 0 Å². The topological polar surface area (TPSA) is 61.8 Å². The van der Waals surface area contributed by atoms with Crippen LogP contribution in [0.15, 0.2) is 18.2 Å². The maximum absolute atomic E-state index is 11.7. The second-order valence-corrected chi connectivity index (χ2v) is 4.94. The largest absolute Gasteiger partial charge is 0.493 e. The van der Waals surface area contributed by atoms with Crippen molar-refractivity contribution in [3.63, 3.8) is 0 Å². The van der Waals surface area contributed by atoms with E-state index >= 15 is 0 Å². The molecule has 5 heteroatoms. The maximum atomic E-state index is 11.7. The van der Waals surface area contributed by atoms with Crippen molar-refractivity contribution < 1.29 is 23.8 Å². The van der Waals surface area contributed by atoms with E-state index in [9.17, 15) is 9.59 Å². The molecular weight excluding hydrogens is 260 g/mol. The molecule has 0 N–H and O–H groups in total. The molecule has 1 rings (SSSR count). The molecule has 0 radical (unpaired) electrons. The number of rotatable bonds is 5. The summed E-state index contributed by atoms with van der Waals surface area (Å²) in [5.74, 6) is -0.757. The Labute approximate surface area is 118 Å². The summed E-state index contributed by atoms with van der Waals surface area (Å²) >= 11 is 0. The van der Waals surface area contributed by atoms with Crippen LogP contribution in [-0.2, 0) is 9.59 Å². The maximum Gasteiger partial charge on any atom is 0.314 e. The molecule has 0 amide bonds. The van der Waals surface area contributed by atoms with Gasteiger partial charge in [0.1, 0.15) is 0 Å². The second-order valence-electron chi connectivity index (χ2n) is 4.94. The summed E-state index contributed by atoms with van der Waals surface area (Å²) in [7, 11) is 1.45. The lowest BCUT2D eigenvalue weighted by Gasteiger charge is -2.15. The molecule has 1 aromatic carbocycles. The third-order valence-electron chi connectivity index (χ3n) is 2.52. The summed E-state index contributed by atoms with van der Waals surface area (Å²) in [4.78, 5) is 23.4. The van der Waals surface area contributed by atoms with E-state index in [0.717, 1.165) is 0 Å². The van der Waals surface area contributed by atoms with E-state index in [4.69, 9.17) is 14.2 Å². The molecular formula is C15H20O5. The number of hydrogen-bond acceptors (Lipinski definition) is 5. The fourth-order valence-electron chi connectivity index (χ4n) is 1.28. The summed E-state index contributed by atoms with van der Waals surface area (Å²) in [6, 6.07) is 4.86. The van der Waals surface area contributed by atoms with Gasteiger partial charge in [0, 0.05) is 0 Å². The Morgan fingerprint density at radius 2 is 1.40 bits per heavy atom. The molecule has 0 heterocycles. The Morgan fingerprint density at radius 1 is 0.900 bits per heavy atom. The van der Waals surface area contributed by atoms with Crippen molar-refractivity contribution in [3.8, 4) is 17.2 Å². The van der Waals surface area contributed by atoms with Crippen LogP contribution in [0.1, 0.15) is 27.7 Å². The minimum Gasteiger partial charge on any atom is -0.493 e. The monoisotopic (exact) mass is 280 g/mol. The SMILES string of the molecule is COc1cccc(OC(=O)C(C)C)c1OC(=O)C(C)C. The average molecular weight is 280 g/mol. The van der Waals surface area contributed by atoms with E-state index in [1.165, 1.54) is 7.11 Å². The highest BCUT2D eigenvalue weighted by atomic mass is 16.6. The molecule has 110 valence electrons. The third-order valence-corrected chi connectivity index (χ3v) is 2.52. The molecule has 20 heavy (non-hydrogen) atoms. The Balaban J connectivity index is 3.10. The first-order valence-electron chi connectivity index (χ1n) is 6.47. The van der Waals surface area contributed by atoms with Gasteiger partial charge in [-0.25, -0.2) is 0 Å². The van der Waals surface area contributed by atoms with Gasteiger partial charge < -0.3 is 14.2 Å². The number of methoxy groups -OCH3 is 1. The number of ether oxygens (including phenoxy) is 3. The molecule has 1 aromatic rings. The van der Waals surface area contributed by atoms with Crippen molar-refractivity contribution in [3.05, 3.63) is 18.2 Å². The first-order chi connectivity index (χ1) is 9.36. The van der Waals surface area contributed by atoms with Gasteiger partial charge in [0.2, 0.25) is 5.75 Å². The molecule has 0 spiro atoms. The van der Waals surface area contributed by atoms with Crippen LogP contribution in [0.2, 0.25) is 0 Å². The van der Waals surface area contributed by atoms with Gasteiger partial charge in [-0.3, -0.25) is 9.59 Å². The molecule has 0 unspecified atom stereocenters. The number of carbonyl (C=O) groups is 2. The zero-order valence-corrected chi connectivity index (χ0v) is 12.4. The van der Waals surface area contributed by atoms with Crippen LogP contribution in [-0.4, -0.2) is 19.0 Å². The molecule has 0 aliphatic rings. The van der Waals surface area contributed by atoms with Crippen molar-refractivity contribution in [1.29, 1.82) is 0 Å². The van der Waals surface area contributed by atoms with Crippen molar-refractivity contribution in [2.75, 3.05) is 7.11 Å². The van der Waals surface area contributed by atoms with E-state index in [0.29, 0.717) is 5.75 Å². The normalized spacial score (nSPS) is 10.6. The summed E-state index contributed by atoms with van der Waals surface area (Å²) in [6.07, 6.45) is 0. The van der Waals surface area contributed by atoms with E-state index in [-0.39, 0.29) is 23.3 Å². The van der Waals surface area contributed by atoms with Gasteiger partial charge in [-0.1, -0.05) is 33.8 Å². The average Bonchev–Trinajstić information content (AvgIpc) is 2.39. The van der Waals surface area contributed by atoms with Gasteiger partial charge in [0.15, 0.2) is 11.5 Å². The number of hydrogen-bond donors (Lipinski definition) is 0. The lowest BCUT2D eigenvalue weighted by Crippen LogP contribution is -2.18. The Morgan fingerprint density at radius 3 is 1.90 bits per heavy atom. The van der Waals surface area contributed by atoms with E-state index in [2.05, 4.69) is 0 Å². The van der Waals surface area contributed by atoms with Crippen LogP contribution in [0, 0.1) is 11.8 Å². The van der Waals surface area contributed by atoms with E-state index in [1.807, 2.05) is 0 Å². The predicted octanol–water partition coefficient (Wildman–Crippen LogP) is 2.82. The zero-order chi connectivity index (χ0) is 15.3. The Hall–Kier alpha value is -2.04. The Kier molecular flexibility index (Phi) is 5.55. The van der Waals surface area contributed by atoms with Crippen LogP contribution in [0.5, 0.6) is 17.2 Å². The minimum absolute atomic E-state index is 0.127. The Bertz CT molecular complexity index is 491. The van der Waals surface area contributed by atoms with Gasteiger partial charge >= 0.3 is 11.9 Å².